The van der Waals surface area contributed by atoms with E-state index in [1.54, 1.807) is 0 Å². The van der Waals surface area contributed by atoms with Gasteiger partial charge in [0, 0.05) is 18.1 Å². The number of pyridine rings is 1. The average Bonchev–Trinajstić information content (AvgIpc) is 2.07. The van der Waals surface area contributed by atoms with Gasteiger partial charge in [-0.25, -0.2) is 0 Å². The molecule has 0 unspecified atom stereocenters. The van der Waals surface area contributed by atoms with Crippen molar-refractivity contribution in [3.8, 4) is 0 Å². The van der Waals surface area contributed by atoms with Gasteiger partial charge >= 0.3 is 0 Å². The van der Waals surface area contributed by atoms with Crippen LogP contribution in [0.4, 0.5) is 0 Å². The molecule has 11 heavy (non-hydrogen) atoms. The molecule has 59 valence electrons. The van der Waals surface area contributed by atoms with Crippen LogP contribution in [-0.2, 0) is 5.75 Å². The number of rotatable bonds is 4. The molecule has 0 atom stereocenters. The Kier molecular flexibility index (Phi) is 4.06. The molecular weight excluding hydrogens is 154 g/mol. The maximum absolute atomic E-state index is 3.95. The quantitative estimate of drug-likeness (QED) is 0.637. The van der Waals surface area contributed by atoms with Gasteiger partial charge in [0.2, 0.25) is 0 Å². The van der Waals surface area contributed by atoms with E-state index in [0.717, 1.165) is 17.9 Å². The predicted octanol–water partition coefficient (Wildman–Crippen LogP) is 2.54. The Morgan fingerprint density at radius 3 is 2.73 bits per heavy atom. The second-order valence-electron chi connectivity index (χ2n) is 2.26. The van der Waals surface area contributed by atoms with Crippen molar-refractivity contribution in [2.75, 3.05) is 5.75 Å². The van der Waals surface area contributed by atoms with Crippen molar-refractivity contribution >= 4 is 11.8 Å². The fourth-order valence-corrected chi connectivity index (χ4v) is 1.55. The molecule has 0 aliphatic heterocycles. The summed E-state index contributed by atoms with van der Waals surface area (Å²) in [5.74, 6) is 2.22. The standard InChI is InChI=1S/C9H12NS/c1-2-7-11-8-9-3-5-10-6-4-9/h3-6H,1-2,7-8H2. The summed E-state index contributed by atoms with van der Waals surface area (Å²) in [7, 11) is 0. The van der Waals surface area contributed by atoms with Crippen LogP contribution in [-0.4, -0.2) is 10.7 Å². The van der Waals surface area contributed by atoms with Crippen LogP contribution < -0.4 is 0 Å². The molecule has 0 aliphatic carbocycles. The fraction of sp³-hybridized carbons (Fsp3) is 0.333. The molecule has 0 N–H and O–H groups in total. The molecule has 1 radical (unpaired) electrons. The Morgan fingerprint density at radius 1 is 1.36 bits per heavy atom. The molecular formula is C9H12NS. The van der Waals surface area contributed by atoms with Crippen molar-refractivity contribution in [2.24, 2.45) is 0 Å². The van der Waals surface area contributed by atoms with Crippen molar-refractivity contribution in [1.82, 2.24) is 4.98 Å². The number of nitrogens with zero attached hydrogens (tertiary/aromatic N) is 1. The van der Waals surface area contributed by atoms with Crippen molar-refractivity contribution in [3.05, 3.63) is 37.0 Å². The van der Waals surface area contributed by atoms with E-state index < -0.39 is 0 Å². The van der Waals surface area contributed by atoms with E-state index in [0.29, 0.717) is 0 Å². The van der Waals surface area contributed by atoms with Gasteiger partial charge in [-0.1, -0.05) is 6.92 Å². The Bertz CT molecular complexity index is 186. The summed E-state index contributed by atoms with van der Waals surface area (Å²) < 4.78 is 0. The lowest BCUT2D eigenvalue weighted by molar-refractivity contribution is 1.23. The lowest BCUT2D eigenvalue weighted by atomic mass is 10.3. The van der Waals surface area contributed by atoms with Crippen molar-refractivity contribution < 1.29 is 0 Å². The maximum Gasteiger partial charge on any atom is 0.0270 e. The van der Waals surface area contributed by atoms with Gasteiger partial charge in [0.15, 0.2) is 0 Å². The largest absolute Gasteiger partial charge is 0.265 e. The first-order chi connectivity index (χ1) is 5.43. The highest BCUT2D eigenvalue weighted by Gasteiger charge is 1.89. The minimum Gasteiger partial charge on any atom is -0.265 e. The molecule has 1 rings (SSSR count). The number of thioether (sulfide) groups is 1. The first-order valence-corrected chi connectivity index (χ1v) is 4.85. The molecule has 0 spiro atoms. The minimum absolute atomic E-state index is 1.01. The number of aromatic nitrogens is 1. The third kappa shape index (κ3) is 3.42. The molecule has 0 aliphatic rings. The highest BCUT2D eigenvalue weighted by Crippen LogP contribution is 2.11. The molecule has 2 heteroatoms. The zero-order chi connectivity index (χ0) is 7.94. The summed E-state index contributed by atoms with van der Waals surface area (Å²) in [5.41, 5.74) is 1.35. The summed E-state index contributed by atoms with van der Waals surface area (Å²) in [6.07, 6.45) is 4.68. The molecule has 0 saturated carbocycles. The van der Waals surface area contributed by atoms with E-state index in [1.165, 1.54) is 5.56 Å². The molecule has 1 aromatic heterocycles. The van der Waals surface area contributed by atoms with Gasteiger partial charge in [0.1, 0.15) is 0 Å². The summed E-state index contributed by atoms with van der Waals surface area (Å²) >= 11 is 1.92. The summed E-state index contributed by atoms with van der Waals surface area (Å²) in [6, 6.07) is 4.10. The Hall–Kier alpha value is -0.500. The van der Waals surface area contributed by atoms with Crippen LogP contribution in [0.5, 0.6) is 0 Å². The normalized spacial score (nSPS) is 9.91. The Labute approximate surface area is 72.2 Å². The van der Waals surface area contributed by atoms with Gasteiger partial charge in [0.05, 0.1) is 0 Å². The second kappa shape index (κ2) is 5.19. The van der Waals surface area contributed by atoms with Gasteiger partial charge < -0.3 is 0 Å². The topological polar surface area (TPSA) is 12.9 Å². The smallest absolute Gasteiger partial charge is 0.0270 e. The van der Waals surface area contributed by atoms with Gasteiger partial charge in [0.25, 0.3) is 0 Å². The average molecular weight is 166 g/mol. The van der Waals surface area contributed by atoms with Gasteiger partial charge in [-0.05, 0) is 29.9 Å². The number of hydrogen-bond acceptors (Lipinski definition) is 2. The third-order valence-corrected chi connectivity index (χ3v) is 2.42. The highest BCUT2D eigenvalue weighted by atomic mass is 32.2. The van der Waals surface area contributed by atoms with Crippen LogP contribution in [0.3, 0.4) is 0 Å². The molecule has 0 fully saturated rings. The van der Waals surface area contributed by atoms with Crippen LogP contribution in [0.25, 0.3) is 0 Å². The first-order valence-electron chi connectivity index (χ1n) is 3.69. The van der Waals surface area contributed by atoms with Gasteiger partial charge in [-0.2, -0.15) is 11.8 Å². The van der Waals surface area contributed by atoms with Crippen LogP contribution in [0.1, 0.15) is 12.0 Å². The zero-order valence-corrected chi connectivity index (χ0v) is 7.31. The van der Waals surface area contributed by atoms with E-state index >= 15 is 0 Å². The summed E-state index contributed by atoms with van der Waals surface area (Å²) in [4.78, 5) is 3.95. The third-order valence-electron chi connectivity index (χ3n) is 1.31. The minimum atomic E-state index is 1.01. The van der Waals surface area contributed by atoms with E-state index in [2.05, 4.69) is 24.0 Å². The van der Waals surface area contributed by atoms with Crippen LogP contribution in [0.2, 0.25) is 0 Å². The molecule has 0 bridgehead atoms. The number of hydrogen-bond donors (Lipinski definition) is 0. The molecule has 0 saturated heterocycles. The van der Waals surface area contributed by atoms with Gasteiger partial charge in [-0.15, -0.1) is 0 Å². The van der Waals surface area contributed by atoms with E-state index in [-0.39, 0.29) is 0 Å². The second-order valence-corrected chi connectivity index (χ2v) is 3.37. The SMILES string of the molecule is [CH2]CCSCc1ccncc1. The molecule has 1 nitrogen and oxygen atoms in total. The molecule has 1 heterocycles. The highest BCUT2D eigenvalue weighted by molar-refractivity contribution is 7.98. The Morgan fingerprint density at radius 2 is 2.09 bits per heavy atom. The lowest BCUT2D eigenvalue weighted by Gasteiger charge is -1.97. The van der Waals surface area contributed by atoms with Crippen molar-refractivity contribution in [2.45, 2.75) is 12.2 Å². The first kappa shape index (κ1) is 8.60. The molecule has 0 amide bonds. The van der Waals surface area contributed by atoms with Crippen molar-refractivity contribution in [3.63, 3.8) is 0 Å². The van der Waals surface area contributed by atoms with Gasteiger partial charge in [-0.3, -0.25) is 4.98 Å². The van der Waals surface area contributed by atoms with E-state index in [9.17, 15) is 0 Å². The summed E-state index contributed by atoms with van der Waals surface area (Å²) in [6.45, 7) is 3.78. The molecule has 0 aromatic carbocycles. The maximum atomic E-state index is 3.95. The zero-order valence-electron chi connectivity index (χ0n) is 6.49. The van der Waals surface area contributed by atoms with Crippen molar-refractivity contribution in [1.29, 1.82) is 0 Å². The van der Waals surface area contributed by atoms with Crippen LogP contribution >= 0.6 is 11.8 Å². The molecule has 1 aromatic rings. The van der Waals surface area contributed by atoms with E-state index in [1.807, 2.05) is 24.2 Å². The summed E-state index contributed by atoms with van der Waals surface area (Å²) in [5, 5.41) is 0. The predicted molar refractivity (Wildman–Crippen MR) is 50.4 cm³/mol. The monoisotopic (exact) mass is 166 g/mol. The fourth-order valence-electron chi connectivity index (χ4n) is 0.771. The van der Waals surface area contributed by atoms with E-state index in [4.69, 9.17) is 0 Å². The lowest BCUT2D eigenvalue weighted by Crippen LogP contribution is -1.81. The van der Waals surface area contributed by atoms with Crippen LogP contribution in [0, 0.1) is 6.92 Å². The van der Waals surface area contributed by atoms with Crippen LogP contribution in [0.15, 0.2) is 24.5 Å². The Balaban J connectivity index is 2.28.